The van der Waals surface area contributed by atoms with Gasteiger partial charge in [0.25, 0.3) is 0 Å². The summed E-state index contributed by atoms with van der Waals surface area (Å²) in [4.78, 5) is 11.1. The van der Waals surface area contributed by atoms with Gasteiger partial charge >= 0.3 is 0 Å². The molecule has 0 unspecified atom stereocenters. The zero-order valence-corrected chi connectivity index (χ0v) is 12.0. The van der Waals surface area contributed by atoms with Crippen molar-refractivity contribution in [2.75, 3.05) is 0 Å². The lowest BCUT2D eigenvalue weighted by Crippen LogP contribution is -2.29. The van der Waals surface area contributed by atoms with Crippen molar-refractivity contribution in [2.45, 2.75) is 59.7 Å². The lowest BCUT2D eigenvalue weighted by molar-refractivity contribution is -0.401. The SMILES string of the molecule is Cc1ccc(C)c(C(C)(C)OOC(C)(C)C)c1. The Labute approximate surface area is 105 Å². The Morgan fingerprint density at radius 3 is 2.00 bits per heavy atom. The average molecular weight is 236 g/mol. The molecule has 0 bridgehead atoms. The lowest BCUT2D eigenvalue weighted by atomic mass is 9.92. The summed E-state index contributed by atoms with van der Waals surface area (Å²) in [5, 5.41) is 0. The van der Waals surface area contributed by atoms with Gasteiger partial charge < -0.3 is 0 Å². The second-order valence-electron chi connectivity index (χ2n) is 6.11. The minimum atomic E-state index is -0.441. The summed E-state index contributed by atoms with van der Waals surface area (Å²) < 4.78 is 0. The molecule has 2 nitrogen and oxygen atoms in total. The van der Waals surface area contributed by atoms with Crippen molar-refractivity contribution in [3.05, 3.63) is 34.9 Å². The third-order valence-corrected chi connectivity index (χ3v) is 2.54. The number of hydrogen-bond acceptors (Lipinski definition) is 2. The average Bonchev–Trinajstić information content (AvgIpc) is 2.18. The van der Waals surface area contributed by atoms with Crippen LogP contribution in [0.15, 0.2) is 18.2 Å². The second-order valence-corrected chi connectivity index (χ2v) is 6.11. The minimum absolute atomic E-state index is 0.297. The quantitative estimate of drug-likeness (QED) is 0.576. The molecule has 0 aromatic heterocycles. The maximum atomic E-state index is 5.62. The number of hydrogen-bond donors (Lipinski definition) is 0. The van der Waals surface area contributed by atoms with E-state index in [-0.39, 0.29) is 5.60 Å². The predicted octanol–water partition coefficient (Wildman–Crippen LogP) is 4.29. The molecular formula is C15H24O2. The number of rotatable bonds is 3. The molecule has 1 rings (SSSR count). The zero-order valence-electron chi connectivity index (χ0n) is 12.0. The predicted molar refractivity (Wildman–Crippen MR) is 70.9 cm³/mol. The molecule has 0 aliphatic carbocycles. The van der Waals surface area contributed by atoms with Crippen LogP contribution in [0.4, 0.5) is 0 Å². The van der Waals surface area contributed by atoms with Crippen LogP contribution in [0.25, 0.3) is 0 Å². The van der Waals surface area contributed by atoms with Gasteiger partial charge in [-0.3, -0.25) is 0 Å². The molecule has 2 heteroatoms. The highest BCUT2D eigenvalue weighted by Crippen LogP contribution is 2.30. The summed E-state index contributed by atoms with van der Waals surface area (Å²) >= 11 is 0. The molecule has 96 valence electrons. The Morgan fingerprint density at radius 2 is 1.47 bits per heavy atom. The van der Waals surface area contributed by atoms with E-state index in [1.165, 1.54) is 16.7 Å². The van der Waals surface area contributed by atoms with Crippen LogP contribution < -0.4 is 0 Å². The first-order valence-corrected chi connectivity index (χ1v) is 6.06. The maximum absolute atomic E-state index is 5.62. The molecule has 0 atom stereocenters. The van der Waals surface area contributed by atoms with E-state index in [0.29, 0.717) is 0 Å². The highest BCUT2D eigenvalue weighted by atomic mass is 17.2. The molecule has 0 spiro atoms. The van der Waals surface area contributed by atoms with E-state index >= 15 is 0 Å². The van der Waals surface area contributed by atoms with Crippen molar-refractivity contribution in [1.29, 1.82) is 0 Å². The molecule has 0 aliphatic heterocycles. The molecule has 0 radical (unpaired) electrons. The first-order chi connectivity index (χ1) is 7.62. The highest BCUT2D eigenvalue weighted by Gasteiger charge is 2.27. The third kappa shape index (κ3) is 4.14. The van der Waals surface area contributed by atoms with Crippen LogP contribution in [0.3, 0.4) is 0 Å². The van der Waals surface area contributed by atoms with Crippen molar-refractivity contribution in [3.8, 4) is 0 Å². The fourth-order valence-electron chi connectivity index (χ4n) is 1.66. The van der Waals surface area contributed by atoms with Crippen LogP contribution in [0.1, 0.15) is 51.3 Å². The summed E-state index contributed by atoms with van der Waals surface area (Å²) in [7, 11) is 0. The molecule has 1 aromatic carbocycles. The Balaban J connectivity index is 2.92. The topological polar surface area (TPSA) is 18.5 Å². The van der Waals surface area contributed by atoms with E-state index < -0.39 is 5.60 Å². The molecular weight excluding hydrogens is 212 g/mol. The Hall–Kier alpha value is -0.860. The largest absolute Gasteiger partial charge is 0.230 e. The highest BCUT2D eigenvalue weighted by molar-refractivity contribution is 5.34. The van der Waals surface area contributed by atoms with Gasteiger partial charge in [0, 0.05) is 0 Å². The lowest BCUT2D eigenvalue weighted by Gasteiger charge is -2.30. The summed E-state index contributed by atoms with van der Waals surface area (Å²) in [5.74, 6) is 0. The van der Waals surface area contributed by atoms with Gasteiger partial charge in [-0.2, -0.15) is 0 Å². The molecule has 0 amide bonds. The van der Waals surface area contributed by atoms with Crippen LogP contribution in [0.5, 0.6) is 0 Å². The van der Waals surface area contributed by atoms with Gasteiger partial charge in [-0.05, 0) is 59.6 Å². The number of benzene rings is 1. The van der Waals surface area contributed by atoms with Crippen LogP contribution in [0, 0.1) is 13.8 Å². The van der Waals surface area contributed by atoms with Crippen molar-refractivity contribution >= 4 is 0 Å². The van der Waals surface area contributed by atoms with Gasteiger partial charge in [-0.1, -0.05) is 23.8 Å². The third-order valence-electron chi connectivity index (χ3n) is 2.54. The smallest absolute Gasteiger partial charge is 0.123 e. The van der Waals surface area contributed by atoms with Gasteiger partial charge in [0.15, 0.2) is 0 Å². The van der Waals surface area contributed by atoms with Crippen molar-refractivity contribution in [2.24, 2.45) is 0 Å². The molecule has 0 saturated carbocycles. The van der Waals surface area contributed by atoms with Gasteiger partial charge in [-0.25, -0.2) is 9.78 Å². The normalized spacial score (nSPS) is 12.9. The van der Waals surface area contributed by atoms with Gasteiger partial charge in [0.05, 0.1) is 5.60 Å². The molecule has 0 N–H and O–H groups in total. The fraction of sp³-hybridized carbons (Fsp3) is 0.600. The standard InChI is InChI=1S/C15H24O2/c1-11-8-9-12(2)13(10-11)15(6,7)17-16-14(3,4)5/h8-10H,1-7H3. The van der Waals surface area contributed by atoms with E-state index in [2.05, 4.69) is 32.0 Å². The zero-order chi connectivity index (χ0) is 13.3. The van der Waals surface area contributed by atoms with E-state index in [9.17, 15) is 0 Å². The van der Waals surface area contributed by atoms with E-state index in [0.717, 1.165) is 0 Å². The van der Waals surface area contributed by atoms with Crippen LogP contribution >= 0.6 is 0 Å². The van der Waals surface area contributed by atoms with Gasteiger partial charge in [-0.15, -0.1) is 0 Å². The van der Waals surface area contributed by atoms with E-state index in [1.807, 2.05) is 34.6 Å². The Bertz CT molecular complexity index is 386. The monoisotopic (exact) mass is 236 g/mol. The van der Waals surface area contributed by atoms with Crippen LogP contribution in [-0.4, -0.2) is 5.60 Å². The first-order valence-electron chi connectivity index (χ1n) is 6.06. The Kier molecular flexibility index (Phi) is 4.00. The summed E-state index contributed by atoms with van der Waals surface area (Å²) in [6.07, 6.45) is 0. The fourth-order valence-corrected chi connectivity index (χ4v) is 1.66. The summed E-state index contributed by atoms with van der Waals surface area (Å²) in [6.45, 7) is 14.2. The maximum Gasteiger partial charge on any atom is 0.123 e. The van der Waals surface area contributed by atoms with E-state index in [1.54, 1.807) is 0 Å². The molecule has 0 heterocycles. The molecule has 0 saturated heterocycles. The van der Waals surface area contributed by atoms with E-state index in [4.69, 9.17) is 9.78 Å². The van der Waals surface area contributed by atoms with Gasteiger partial charge in [0.2, 0.25) is 0 Å². The van der Waals surface area contributed by atoms with Crippen LogP contribution in [-0.2, 0) is 15.4 Å². The second kappa shape index (κ2) is 4.79. The molecule has 0 fully saturated rings. The molecule has 17 heavy (non-hydrogen) atoms. The van der Waals surface area contributed by atoms with Gasteiger partial charge in [0.1, 0.15) is 5.60 Å². The van der Waals surface area contributed by atoms with Crippen molar-refractivity contribution < 1.29 is 9.78 Å². The summed E-state index contributed by atoms with van der Waals surface area (Å²) in [5.41, 5.74) is 2.89. The van der Waals surface area contributed by atoms with Crippen molar-refractivity contribution in [3.63, 3.8) is 0 Å². The minimum Gasteiger partial charge on any atom is -0.230 e. The van der Waals surface area contributed by atoms with Crippen LogP contribution in [0.2, 0.25) is 0 Å². The Morgan fingerprint density at radius 1 is 0.882 bits per heavy atom. The van der Waals surface area contributed by atoms with Crippen molar-refractivity contribution in [1.82, 2.24) is 0 Å². The summed E-state index contributed by atoms with van der Waals surface area (Å²) in [6, 6.07) is 6.38. The number of aryl methyl sites for hydroxylation is 2. The molecule has 0 aliphatic rings. The molecule has 1 aromatic rings. The first kappa shape index (κ1) is 14.2.